The number of anilines is 1. The summed E-state index contributed by atoms with van der Waals surface area (Å²) >= 11 is 0. The Morgan fingerprint density at radius 1 is 1.21 bits per heavy atom. The number of carbonyl (C=O) groups is 1. The maximum Gasteiger partial charge on any atom is 0.310 e. The van der Waals surface area contributed by atoms with Crippen LogP contribution in [0, 0.1) is 13.8 Å². The topological polar surface area (TPSA) is 79.7 Å². The van der Waals surface area contributed by atoms with Crippen LogP contribution in [0.4, 0.5) is 5.69 Å². The lowest BCUT2D eigenvalue weighted by Crippen LogP contribution is -2.23. The van der Waals surface area contributed by atoms with Gasteiger partial charge in [0, 0.05) is 47.4 Å². The van der Waals surface area contributed by atoms with Crippen LogP contribution in [0.3, 0.4) is 0 Å². The molecule has 0 bridgehead atoms. The maximum atomic E-state index is 12.5. The summed E-state index contributed by atoms with van der Waals surface area (Å²) in [6, 6.07) is 9.40. The highest BCUT2D eigenvalue weighted by Gasteiger charge is 2.16. The Morgan fingerprint density at radius 2 is 1.93 bits per heavy atom. The van der Waals surface area contributed by atoms with E-state index in [0.29, 0.717) is 5.65 Å². The third-order valence-corrected chi connectivity index (χ3v) is 5.01. The average Bonchev–Trinajstić information content (AvgIpc) is 3.05. The van der Waals surface area contributed by atoms with Crippen LogP contribution >= 0.6 is 0 Å². The van der Waals surface area contributed by atoms with E-state index in [2.05, 4.69) is 28.8 Å². The van der Waals surface area contributed by atoms with Crippen LogP contribution in [0.2, 0.25) is 0 Å². The molecule has 0 aliphatic rings. The molecule has 0 radical (unpaired) electrons. The predicted molar refractivity (Wildman–Crippen MR) is 109 cm³/mol. The molecular weight excluding hydrogens is 356 g/mol. The van der Waals surface area contributed by atoms with Gasteiger partial charge in [-0.05, 0) is 33.8 Å². The van der Waals surface area contributed by atoms with Crippen LogP contribution < -0.4 is 10.5 Å². The van der Waals surface area contributed by atoms with Gasteiger partial charge in [0.05, 0.1) is 6.42 Å². The molecule has 2 aromatic heterocycles. The molecule has 1 N–H and O–H groups in total. The molecule has 7 nitrogen and oxygen atoms in total. The van der Waals surface area contributed by atoms with Crippen LogP contribution in [0.1, 0.15) is 36.4 Å². The van der Waals surface area contributed by atoms with Gasteiger partial charge in [-0.2, -0.15) is 0 Å². The second-order valence-electron chi connectivity index (χ2n) is 6.71. The van der Waals surface area contributed by atoms with Gasteiger partial charge in [-0.25, -0.2) is 9.50 Å². The van der Waals surface area contributed by atoms with E-state index in [0.717, 1.165) is 41.3 Å². The quantitative estimate of drug-likeness (QED) is 0.636. The van der Waals surface area contributed by atoms with E-state index in [1.807, 2.05) is 38.1 Å². The molecule has 0 saturated carbocycles. The molecule has 1 aromatic carbocycles. The van der Waals surface area contributed by atoms with Crippen molar-refractivity contribution < 1.29 is 9.53 Å². The van der Waals surface area contributed by atoms with Crippen molar-refractivity contribution >= 4 is 17.3 Å². The van der Waals surface area contributed by atoms with Gasteiger partial charge in [0.2, 0.25) is 0 Å². The molecule has 0 fully saturated rings. The number of para-hydroxylation sites is 1. The molecule has 28 heavy (non-hydrogen) atoms. The molecule has 2 heterocycles. The van der Waals surface area contributed by atoms with E-state index in [1.54, 1.807) is 4.52 Å². The number of nitrogens with one attached hydrogen (secondary N) is 1. The Morgan fingerprint density at radius 3 is 2.64 bits per heavy atom. The smallest absolute Gasteiger partial charge is 0.310 e. The third kappa shape index (κ3) is 3.93. The minimum absolute atomic E-state index is 0.105. The Labute approximate surface area is 163 Å². The number of esters is 1. The maximum absolute atomic E-state index is 12.5. The van der Waals surface area contributed by atoms with Crippen LogP contribution in [-0.2, 0) is 22.6 Å². The van der Waals surface area contributed by atoms with Gasteiger partial charge in [0.25, 0.3) is 5.56 Å². The minimum Gasteiger partial charge on any atom is -0.460 e. The number of aromatic nitrogens is 3. The molecule has 0 unspecified atom stereocenters. The molecule has 0 aliphatic heterocycles. The molecular formula is C21H26N4O3. The van der Waals surface area contributed by atoms with Crippen molar-refractivity contribution in [2.24, 2.45) is 0 Å². The zero-order valence-corrected chi connectivity index (χ0v) is 16.8. The largest absolute Gasteiger partial charge is 0.460 e. The lowest BCUT2D eigenvalue weighted by molar-refractivity contribution is -0.144. The summed E-state index contributed by atoms with van der Waals surface area (Å²) in [5, 5.41) is 2.70. The molecule has 0 saturated heterocycles. The number of ether oxygens (including phenoxy) is 1. The molecule has 148 valence electrons. The van der Waals surface area contributed by atoms with Crippen molar-refractivity contribution in [1.82, 2.24) is 14.6 Å². The summed E-state index contributed by atoms with van der Waals surface area (Å²) in [6.07, 6.45) is 0.105. The molecule has 0 atom stereocenters. The molecule has 0 spiro atoms. The van der Waals surface area contributed by atoms with Crippen molar-refractivity contribution in [1.29, 1.82) is 0 Å². The summed E-state index contributed by atoms with van der Waals surface area (Å²) in [7, 11) is 0. The predicted octanol–water partition coefficient (Wildman–Crippen LogP) is 2.77. The van der Waals surface area contributed by atoms with E-state index in [4.69, 9.17) is 4.74 Å². The second-order valence-corrected chi connectivity index (χ2v) is 6.71. The number of hydrogen-bond donors (Lipinski definition) is 1. The van der Waals surface area contributed by atoms with Crippen molar-refractivity contribution in [3.8, 4) is 0 Å². The molecule has 0 amide bonds. The van der Waals surface area contributed by atoms with Gasteiger partial charge in [-0.3, -0.25) is 14.7 Å². The van der Waals surface area contributed by atoms with Crippen LogP contribution in [0.25, 0.3) is 5.65 Å². The lowest BCUT2D eigenvalue weighted by Gasteiger charge is -2.24. The molecule has 7 heteroatoms. The van der Waals surface area contributed by atoms with Crippen LogP contribution in [0.5, 0.6) is 0 Å². The van der Waals surface area contributed by atoms with Gasteiger partial charge in [-0.1, -0.05) is 18.2 Å². The summed E-state index contributed by atoms with van der Waals surface area (Å²) in [4.78, 5) is 30.7. The molecule has 3 aromatic rings. The number of hydrogen-bond acceptors (Lipinski definition) is 5. The van der Waals surface area contributed by atoms with Gasteiger partial charge >= 0.3 is 5.97 Å². The fourth-order valence-corrected chi connectivity index (χ4v) is 3.47. The first kappa shape index (κ1) is 19.7. The average molecular weight is 382 g/mol. The normalized spacial score (nSPS) is 11.0. The van der Waals surface area contributed by atoms with Crippen molar-refractivity contribution in [3.05, 3.63) is 63.2 Å². The number of aromatic amines is 1. The van der Waals surface area contributed by atoms with E-state index < -0.39 is 0 Å². The van der Waals surface area contributed by atoms with Gasteiger partial charge < -0.3 is 9.64 Å². The molecule has 0 aliphatic carbocycles. The number of nitrogens with zero attached hydrogens (tertiary/aromatic N) is 3. The number of carbonyl (C=O) groups excluding carboxylic acids is 1. The van der Waals surface area contributed by atoms with Crippen molar-refractivity contribution in [3.63, 3.8) is 0 Å². The number of fused-ring (bicyclic) bond motifs is 1. The second kappa shape index (κ2) is 8.29. The third-order valence-electron chi connectivity index (χ3n) is 5.01. The highest BCUT2D eigenvalue weighted by atomic mass is 16.5. The summed E-state index contributed by atoms with van der Waals surface area (Å²) < 4.78 is 7.17. The number of H-pyrrole nitrogens is 1. The van der Waals surface area contributed by atoms with Crippen LogP contribution in [0.15, 0.2) is 35.1 Å². The van der Waals surface area contributed by atoms with E-state index >= 15 is 0 Å². The number of rotatable bonds is 7. The van der Waals surface area contributed by atoms with Gasteiger partial charge in [-0.15, -0.1) is 0 Å². The Hall–Kier alpha value is -3.09. The fourth-order valence-electron chi connectivity index (χ4n) is 3.47. The van der Waals surface area contributed by atoms with E-state index in [-0.39, 0.29) is 24.6 Å². The highest BCUT2D eigenvalue weighted by Crippen LogP contribution is 2.21. The number of aryl methyl sites for hydroxylation is 2. The monoisotopic (exact) mass is 382 g/mol. The summed E-state index contributed by atoms with van der Waals surface area (Å²) in [5.74, 6) is -0.323. The van der Waals surface area contributed by atoms with Crippen LogP contribution in [-0.4, -0.2) is 33.7 Å². The Kier molecular flexibility index (Phi) is 5.82. The van der Waals surface area contributed by atoms with E-state index in [1.165, 1.54) is 6.07 Å². The van der Waals surface area contributed by atoms with E-state index in [9.17, 15) is 9.59 Å². The highest BCUT2D eigenvalue weighted by molar-refractivity contribution is 5.73. The Bertz CT molecular complexity index is 1050. The zero-order valence-electron chi connectivity index (χ0n) is 16.8. The van der Waals surface area contributed by atoms with Gasteiger partial charge in [0.15, 0.2) is 5.65 Å². The standard InChI is InChI=1S/C21H26N4O3/c1-5-24(6-2)18-10-8-7-9-16(18)13-28-21(27)11-17-14(3)22-19-12-20(26)23-25(19)15(17)4/h7-10,12H,5-6,11,13H2,1-4H3,(H,23,26). The first-order valence-corrected chi connectivity index (χ1v) is 9.50. The lowest BCUT2D eigenvalue weighted by atomic mass is 10.1. The fraction of sp³-hybridized carbons (Fsp3) is 0.381. The zero-order chi connectivity index (χ0) is 20.3. The number of benzene rings is 1. The van der Waals surface area contributed by atoms with Crippen molar-refractivity contribution in [2.75, 3.05) is 18.0 Å². The first-order chi connectivity index (χ1) is 13.4. The minimum atomic E-state index is -0.323. The van der Waals surface area contributed by atoms with Gasteiger partial charge in [0.1, 0.15) is 6.61 Å². The Balaban J connectivity index is 1.76. The van der Waals surface area contributed by atoms with Crippen molar-refractivity contribution in [2.45, 2.75) is 40.7 Å². The summed E-state index contributed by atoms with van der Waals surface area (Å²) in [6.45, 7) is 9.90. The summed E-state index contributed by atoms with van der Waals surface area (Å²) in [5.41, 5.74) is 4.66. The SMILES string of the molecule is CCN(CC)c1ccccc1COC(=O)Cc1c(C)nc2cc(=O)[nH]n2c1C. The molecule has 3 rings (SSSR count). The first-order valence-electron chi connectivity index (χ1n) is 9.50.